The van der Waals surface area contributed by atoms with Crippen LogP contribution in [0, 0.1) is 0 Å². The molecule has 1 heterocycles. The number of carbonyl (C=O) groups excluding carboxylic acids is 1. The highest BCUT2D eigenvalue weighted by Crippen LogP contribution is 2.23. The number of para-hydroxylation sites is 1. The summed E-state index contributed by atoms with van der Waals surface area (Å²) in [7, 11) is 1.59. The van der Waals surface area contributed by atoms with Crippen molar-refractivity contribution in [3.63, 3.8) is 0 Å². The first-order chi connectivity index (χ1) is 12.1. The Kier molecular flexibility index (Phi) is 10.0. The summed E-state index contributed by atoms with van der Waals surface area (Å²) in [5.74, 6) is 1.24. The lowest BCUT2D eigenvalue weighted by Crippen LogP contribution is -2.39. The maximum atomic E-state index is 11.8. The van der Waals surface area contributed by atoms with Crippen LogP contribution in [-0.4, -0.2) is 45.2 Å². The van der Waals surface area contributed by atoms with E-state index in [2.05, 4.69) is 20.9 Å². The van der Waals surface area contributed by atoms with Crippen molar-refractivity contribution < 1.29 is 13.9 Å². The van der Waals surface area contributed by atoms with E-state index in [0.29, 0.717) is 25.7 Å². The van der Waals surface area contributed by atoms with Crippen LogP contribution >= 0.6 is 24.0 Å². The van der Waals surface area contributed by atoms with Gasteiger partial charge in [-0.3, -0.25) is 4.79 Å². The zero-order valence-electron chi connectivity index (χ0n) is 15.4. The summed E-state index contributed by atoms with van der Waals surface area (Å²) in [6, 6.07) is 9.80. The number of halogens is 1. The van der Waals surface area contributed by atoms with Crippen molar-refractivity contribution in [1.29, 1.82) is 0 Å². The fourth-order valence-corrected chi connectivity index (χ4v) is 2.31. The number of guanidine groups is 1. The van der Waals surface area contributed by atoms with Crippen LogP contribution in [0.1, 0.15) is 25.6 Å². The monoisotopic (exact) mass is 474 g/mol. The van der Waals surface area contributed by atoms with E-state index < -0.39 is 0 Å². The Labute approximate surface area is 171 Å². The van der Waals surface area contributed by atoms with Gasteiger partial charge in [-0.15, -0.1) is 24.0 Å². The van der Waals surface area contributed by atoms with Gasteiger partial charge in [0.2, 0.25) is 5.91 Å². The second-order valence-corrected chi connectivity index (χ2v) is 5.59. The van der Waals surface area contributed by atoms with E-state index in [4.69, 9.17) is 9.15 Å². The molecule has 0 saturated heterocycles. The van der Waals surface area contributed by atoms with Gasteiger partial charge in [-0.1, -0.05) is 18.2 Å². The predicted molar refractivity (Wildman–Crippen MR) is 114 cm³/mol. The van der Waals surface area contributed by atoms with Gasteiger partial charge in [0.15, 0.2) is 5.96 Å². The number of methoxy groups -OCH3 is 1. The lowest BCUT2D eigenvalue weighted by Gasteiger charge is -2.16. The molecule has 2 rings (SSSR count). The number of benzene rings is 1. The summed E-state index contributed by atoms with van der Waals surface area (Å²) in [6.07, 6.45) is 0. The molecule has 0 saturated carbocycles. The van der Waals surface area contributed by atoms with E-state index in [1.807, 2.05) is 44.2 Å². The van der Waals surface area contributed by atoms with Crippen molar-refractivity contribution >= 4 is 46.8 Å². The number of amides is 1. The summed E-state index contributed by atoms with van der Waals surface area (Å²) < 4.78 is 10.8. The smallest absolute Gasteiger partial charge is 0.241 e. The van der Waals surface area contributed by atoms with Crippen molar-refractivity contribution in [3.05, 3.63) is 36.1 Å². The summed E-state index contributed by atoms with van der Waals surface area (Å²) in [5.41, 5.74) is 0.852. The fourth-order valence-electron chi connectivity index (χ4n) is 2.31. The third-order valence-electron chi connectivity index (χ3n) is 3.58. The molecule has 3 N–H and O–H groups in total. The largest absolute Gasteiger partial charge is 0.459 e. The lowest BCUT2D eigenvalue weighted by atomic mass is 10.2. The minimum Gasteiger partial charge on any atom is -0.459 e. The number of nitrogens with zero attached hydrogens (tertiary/aromatic N) is 1. The van der Waals surface area contributed by atoms with Gasteiger partial charge in [-0.25, -0.2) is 4.99 Å². The molecule has 26 heavy (non-hydrogen) atoms. The Morgan fingerprint density at radius 2 is 2.08 bits per heavy atom. The van der Waals surface area contributed by atoms with Crippen LogP contribution in [-0.2, 0) is 9.53 Å². The van der Waals surface area contributed by atoms with Gasteiger partial charge in [-0.05, 0) is 26.0 Å². The molecule has 144 valence electrons. The fraction of sp³-hybridized carbons (Fsp3) is 0.444. The van der Waals surface area contributed by atoms with Gasteiger partial charge in [0.05, 0.1) is 12.6 Å². The molecular weight excluding hydrogens is 447 g/mol. The number of hydrogen-bond donors (Lipinski definition) is 3. The molecule has 0 fully saturated rings. The Balaban J connectivity index is 0.00000338. The average Bonchev–Trinajstić information content (AvgIpc) is 3.04. The molecule has 1 aromatic heterocycles. The van der Waals surface area contributed by atoms with Gasteiger partial charge in [0.25, 0.3) is 0 Å². The third kappa shape index (κ3) is 6.83. The Morgan fingerprint density at radius 3 is 2.77 bits per heavy atom. The van der Waals surface area contributed by atoms with Gasteiger partial charge in [-0.2, -0.15) is 0 Å². The van der Waals surface area contributed by atoms with Crippen molar-refractivity contribution in [2.24, 2.45) is 4.99 Å². The Bertz CT molecular complexity index is 684. The minimum atomic E-state index is -0.148. The van der Waals surface area contributed by atoms with Crippen LogP contribution < -0.4 is 16.0 Å². The van der Waals surface area contributed by atoms with E-state index in [9.17, 15) is 4.79 Å². The van der Waals surface area contributed by atoms with E-state index >= 15 is 0 Å². The Hall–Kier alpha value is -1.81. The number of aliphatic imine (C=N–C) groups is 1. The second kappa shape index (κ2) is 11.7. The molecule has 1 atom stereocenters. The van der Waals surface area contributed by atoms with Crippen LogP contribution in [0.15, 0.2) is 39.7 Å². The summed E-state index contributed by atoms with van der Waals surface area (Å²) >= 11 is 0. The highest BCUT2D eigenvalue weighted by molar-refractivity contribution is 14.0. The minimum absolute atomic E-state index is 0. The first kappa shape index (κ1) is 22.2. The van der Waals surface area contributed by atoms with Crippen molar-refractivity contribution in [2.75, 3.05) is 33.4 Å². The molecule has 1 unspecified atom stereocenters. The quantitative estimate of drug-likeness (QED) is 0.237. The number of fused-ring (bicyclic) bond motifs is 1. The molecule has 0 radical (unpaired) electrons. The van der Waals surface area contributed by atoms with E-state index in [1.165, 1.54) is 0 Å². The maximum absolute atomic E-state index is 11.8. The highest BCUT2D eigenvalue weighted by atomic mass is 127. The van der Waals surface area contributed by atoms with Gasteiger partial charge in [0.1, 0.15) is 17.9 Å². The van der Waals surface area contributed by atoms with Crippen LogP contribution in [0.5, 0.6) is 0 Å². The number of ether oxygens (including phenoxy) is 1. The summed E-state index contributed by atoms with van der Waals surface area (Å²) in [5, 5.41) is 10.2. The molecule has 0 aliphatic heterocycles. The molecule has 0 aliphatic carbocycles. The van der Waals surface area contributed by atoms with Crippen LogP contribution in [0.25, 0.3) is 11.0 Å². The zero-order chi connectivity index (χ0) is 18.1. The molecule has 1 amide bonds. The maximum Gasteiger partial charge on any atom is 0.241 e. The number of carbonyl (C=O) groups is 1. The molecule has 0 aliphatic rings. The van der Waals surface area contributed by atoms with Crippen LogP contribution in [0.3, 0.4) is 0 Å². The van der Waals surface area contributed by atoms with Crippen molar-refractivity contribution in [3.8, 4) is 0 Å². The molecule has 0 bridgehead atoms. The number of rotatable bonds is 8. The topological polar surface area (TPSA) is 87.9 Å². The second-order valence-electron chi connectivity index (χ2n) is 5.59. The molecular formula is C18H27IN4O3. The van der Waals surface area contributed by atoms with E-state index in [-0.39, 0.29) is 42.5 Å². The normalized spacial score (nSPS) is 12.3. The first-order valence-corrected chi connectivity index (χ1v) is 8.43. The van der Waals surface area contributed by atoms with Gasteiger partial charge >= 0.3 is 0 Å². The molecule has 1 aromatic carbocycles. The van der Waals surface area contributed by atoms with Gasteiger partial charge in [0, 0.05) is 25.6 Å². The van der Waals surface area contributed by atoms with E-state index in [0.717, 1.165) is 16.7 Å². The van der Waals surface area contributed by atoms with Crippen molar-refractivity contribution in [1.82, 2.24) is 16.0 Å². The zero-order valence-corrected chi connectivity index (χ0v) is 17.7. The third-order valence-corrected chi connectivity index (χ3v) is 3.58. The molecule has 7 nitrogen and oxygen atoms in total. The highest BCUT2D eigenvalue weighted by Gasteiger charge is 2.13. The molecule has 0 spiro atoms. The SMILES string of the molecule is CCNC(=NCC(=O)NCCOC)NC(C)c1cc2ccccc2o1.I. The summed E-state index contributed by atoms with van der Waals surface area (Å²) in [4.78, 5) is 16.1. The number of hydrogen-bond acceptors (Lipinski definition) is 4. The van der Waals surface area contributed by atoms with Crippen LogP contribution in [0.2, 0.25) is 0 Å². The number of furan rings is 1. The predicted octanol–water partition coefficient (Wildman–Crippen LogP) is 2.43. The Morgan fingerprint density at radius 1 is 1.31 bits per heavy atom. The standard InChI is InChI=1S/C18H26N4O3.HI/c1-4-19-18(21-12-17(23)20-9-10-24-3)22-13(2)16-11-14-7-5-6-8-15(14)25-16;/h5-8,11,13H,4,9-10,12H2,1-3H3,(H,20,23)(H2,19,21,22);1H. The van der Waals surface area contributed by atoms with Crippen LogP contribution in [0.4, 0.5) is 0 Å². The molecule has 2 aromatic rings. The van der Waals surface area contributed by atoms with Gasteiger partial charge < -0.3 is 25.1 Å². The average molecular weight is 474 g/mol. The lowest BCUT2D eigenvalue weighted by molar-refractivity contribution is -0.119. The first-order valence-electron chi connectivity index (χ1n) is 8.43. The van der Waals surface area contributed by atoms with Crippen molar-refractivity contribution in [2.45, 2.75) is 19.9 Å². The van der Waals surface area contributed by atoms with E-state index in [1.54, 1.807) is 7.11 Å². The number of nitrogens with one attached hydrogen (secondary N) is 3. The molecule has 8 heteroatoms. The summed E-state index contributed by atoms with van der Waals surface area (Å²) in [6.45, 7) is 5.67.